The molecule has 0 unspecified atom stereocenters. The fourth-order valence-electron chi connectivity index (χ4n) is 5.60. The van der Waals surface area contributed by atoms with Crippen LogP contribution in [0.3, 0.4) is 0 Å². The predicted octanol–water partition coefficient (Wildman–Crippen LogP) is 5.87. The Bertz CT molecular complexity index is 1750. The molecule has 0 aliphatic carbocycles. The number of nitrogens with zero attached hydrogens (tertiary/aromatic N) is 5. The largest absolute Gasteiger partial charge is 0.369 e. The van der Waals surface area contributed by atoms with E-state index in [1.807, 2.05) is 43.0 Å². The molecule has 8 nitrogen and oxygen atoms in total. The number of carbonyl (C=O) groups is 1. The molecule has 1 fully saturated rings. The van der Waals surface area contributed by atoms with Gasteiger partial charge in [-0.25, -0.2) is 4.98 Å². The summed E-state index contributed by atoms with van der Waals surface area (Å²) in [4.78, 5) is 25.5. The molecule has 3 aromatic heterocycles. The third-order valence-corrected chi connectivity index (χ3v) is 8.22. The van der Waals surface area contributed by atoms with Gasteiger partial charge in [-0.3, -0.25) is 9.48 Å². The fourth-order valence-corrected chi connectivity index (χ4v) is 5.60. The molecule has 0 radical (unpaired) electrons. The third kappa shape index (κ3) is 5.02. The first kappa shape index (κ1) is 26.5. The molecule has 0 saturated carbocycles. The molecule has 5 aromatic rings. The van der Waals surface area contributed by atoms with Crippen LogP contribution in [0.5, 0.6) is 0 Å². The second-order valence-electron chi connectivity index (χ2n) is 10.9. The number of amides is 1. The zero-order chi connectivity index (χ0) is 28.7. The van der Waals surface area contributed by atoms with Crippen LogP contribution in [0.4, 0.5) is 11.4 Å². The lowest BCUT2D eigenvalue weighted by atomic mass is 9.96. The number of hydrogen-bond donors (Lipinski definition) is 2. The van der Waals surface area contributed by atoms with Crippen molar-refractivity contribution in [3.63, 3.8) is 0 Å². The Kier molecular flexibility index (Phi) is 6.93. The van der Waals surface area contributed by atoms with Crippen LogP contribution in [0.1, 0.15) is 12.5 Å². The molecule has 1 aliphatic rings. The van der Waals surface area contributed by atoms with Crippen LogP contribution in [0.15, 0.2) is 79.6 Å². The summed E-state index contributed by atoms with van der Waals surface area (Å²) in [6, 6.07) is 19.6. The monoisotopic (exact) mass is 545 g/mol. The average molecular weight is 546 g/mol. The lowest BCUT2D eigenvalue weighted by molar-refractivity contribution is -0.111. The van der Waals surface area contributed by atoms with Crippen molar-refractivity contribution in [2.45, 2.75) is 19.9 Å². The van der Waals surface area contributed by atoms with E-state index in [2.05, 4.69) is 82.1 Å². The van der Waals surface area contributed by atoms with E-state index in [0.717, 1.165) is 75.6 Å². The van der Waals surface area contributed by atoms with Crippen molar-refractivity contribution < 1.29 is 4.79 Å². The van der Waals surface area contributed by atoms with Gasteiger partial charge >= 0.3 is 0 Å². The second-order valence-corrected chi connectivity index (χ2v) is 10.9. The van der Waals surface area contributed by atoms with Gasteiger partial charge in [-0.2, -0.15) is 5.10 Å². The number of likely N-dealkylation sites (N-methyl/N-ethyl adjacent to an activating group) is 1. The highest BCUT2D eigenvalue weighted by atomic mass is 16.1. The van der Waals surface area contributed by atoms with Gasteiger partial charge in [-0.15, -0.1) is 0 Å². The van der Waals surface area contributed by atoms with Gasteiger partial charge in [0.25, 0.3) is 0 Å². The van der Waals surface area contributed by atoms with Gasteiger partial charge in [-0.05, 0) is 74.0 Å². The number of nitrogens with one attached hydrogen (secondary N) is 2. The summed E-state index contributed by atoms with van der Waals surface area (Å²) in [5, 5.41) is 8.30. The van der Waals surface area contributed by atoms with Gasteiger partial charge in [0.1, 0.15) is 5.65 Å². The molecule has 2 N–H and O–H groups in total. The predicted molar refractivity (Wildman–Crippen MR) is 167 cm³/mol. The number of pyridine rings is 1. The highest BCUT2D eigenvalue weighted by Gasteiger charge is 2.22. The van der Waals surface area contributed by atoms with Crippen molar-refractivity contribution in [3.8, 4) is 33.6 Å². The van der Waals surface area contributed by atoms with E-state index in [4.69, 9.17) is 4.98 Å². The number of aromatic amines is 1. The molecular formula is C33H35N7O. The summed E-state index contributed by atoms with van der Waals surface area (Å²) in [7, 11) is 4.12. The summed E-state index contributed by atoms with van der Waals surface area (Å²) in [6.45, 7) is 10.9. The normalized spacial score (nSPS) is 15.8. The van der Waals surface area contributed by atoms with Crippen molar-refractivity contribution in [1.82, 2.24) is 24.6 Å². The minimum atomic E-state index is -0.238. The van der Waals surface area contributed by atoms with Crippen molar-refractivity contribution in [1.29, 1.82) is 0 Å². The summed E-state index contributed by atoms with van der Waals surface area (Å²) < 4.78 is 1.85. The van der Waals surface area contributed by atoms with Gasteiger partial charge in [0, 0.05) is 73.0 Å². The number of aromatic nitrogens is 4. The van der Waals surface area contributed by atoms with Crippen LogP contribution in [0, 0.1) is 6.92 Å². The Hall–Kier alpha value is -4.69. The zero-order valence-corrected chi connectivity index (χ0v) is 24.0. The van der Waals surface area contributed by atoms with Gasteiger partial charge in [0.2, 0.25) is 5.91 Å². The minimum Gasteiger partial charge on any atom is -0.369 e. The summed E-state index contributed by atoms with van der Waals surface area (Å²) in [5.41, 5.74) is 9.80. The van der Waals surface area contributed by atoms with Crippen molar-refractivity contribution >= 4 is 28.3 Å². The molecule has 1 amide bonds. The van der Waals surface area contributed by atoms with E-state index in [1.165, 1.54) is 11.8 Å². The number of anilines is 2. The summed E-state index contributed by atoms with van der Waals surface area (Å²) in [5.74, 6) is -0.238. The smallest absolute Gasteiger partial charge is 0.247 e. The van der Waals surface area contributed by atoms with Crippen LogP contribution in [0.2, 0.25) is 0 Å². The van der Waals surface area contributed by atoms with Crippen LogP contribution in [0.25, 0.3) is 44.7 Å². The number of aryl methyl sites for hydroxylation is 2. The third-order valence-electron chi connectivity index (χ3n) is 8.22. The van der Waals surface area contributed by atoms with Crippen molar-refractivity contribution in [3.05, 3.63) is 85.2 Å². The van der Waals surface area contributed by atoms with E-state index >= 15 is 0 Å². The maximum Gasteiger partial charge on any atom is 0.247 e. The first-order chi connectivity index (χ1) is 19.8. The first-order valence-corrected chi connectivity index (χ1v) is 13.9. The van der Waals surface area contributed by atoms with Crippen molar-refractivity contribution in [2.24, 2.45) is 7.05 Å². The molecule has 4 heterocycles. The van der Waals surface area contributed by atoms with Crippen LogP contribution in [-0.4, -0.2) is 63.3 Å². The van der Waals surface area contributed by atoms with E-state index in [9.17, 15) is 4.79 Å². The molecular weight excluding hydrogens is 510 g/mol. The number of H-pyrrole nitrogens is 1. The van der Waals surface area contributed by atoms with Gasteiger partial charge < -0.3 is 20.1 Å². The highest BCUT2D eigenvalue weighted by Crippen LogP contribution is 2.41. The Balaban J connectivity index is 1.48. The topological polar surface area (TPSA) is 82.1 Å². The van der Waals surface area contributed by atoms with E-state index in [1.54, 1.807) is 6.20 Å². The second kappa shape index (κ2) is 10.7. The maximum absolute atomic E-state index is 12.2. The van der Waals surface area contributed by atoms with Gasteiger partial charge in [0.05, 0.1) is 11.4 Å². The van der Waals surface area contributed by atoms with Crippen LogP contribution in [-0.2, 0) is 11.8 Å². The number of fused-ring (bicyclic) bond motifs is 1. The molecule has 0 spiro atoms. The molecule has 1 atom stereocenters. The molecule has 6 rings (SSSR count). The Morgan fingerprint density at radius 2 is 1.83 bits per heavy atom. The van der Waals surface area contributed by atoms with Gasteiger partial charge in [0.15, 0.2) is 0 Å². The summed E-state index contributed by atoms with van der Waals surface area (Å²) in [6.07, 6.45) is 4.96. The highest BCUT2D eigenvalue weighted by molar-refractivity contribution is 6.05. The van der Waals surface area contributed by atoms with Gasteiger partial charge in [-0.1, -0.05) is 30.8 Å². The van der Waals surface area contributed by atoms with E-state index in [0.29, 0.717) is 6.04 Å². The number of piperazine rings is 1. The van der Waals surface area contributed by atoms with Crippen molar-refractivity contribution in [2.75, 3.05) is 36.9 Å². The van der Waals surface area contributed by atoms with E-state index in [-0.39, 0.29) is 5.91 Å². The number of carbonyl (C=O) groups excluding carboxylic acids is 1. The fraction of sp³-hybridized carbons (Fsp3) is 0.242. The molecule has 8 heteroatoms. The lowest BCUT2D eigenvalue weighted by Crippen LogP contribution is -2.50. The zero-order valence-electron chi connectivity index (χ0n) is 24.0. The Labute approximate surface area is 240 Å². The summed E-state index contributed by atoms with van der Waals surface area (Å²) >= 11 is 0. The SMILES string of the molecule is C=CC(=O)Nc1cc(-c2c(-c3ccc(N4CCN(C)[C@H](C)C4)cc3)[nH]c3ncc(-c4ccnn4C)cc23)ccc1C. The maximum atomic E-state index is 12.2. The molecule has 0 bridgehead atoms. The van der Waals surface area contributed by atoms with E-state index < -0.39 is 0 Å². The standard InChI is InChI=1S/C33H35N7O/c1-6-30(41)36-28-18-24(8-7-21(28)2)31-27-17-25(29-13-14-35-39(29)5)19-34-33(27)37-32(31)23-9-11-26(12-10-23)40-16-15-38(4)22(3)20-40/h6-14,17-19,22H,1,15-16,20H2,2-5H3,(H,34,37)(H,36,41)/t22-/m1/s1. The molecule has 1 saturated heterocycles. The molecule has 2 aromatic carbocycles. The molecule has 208 valence electrons. The number of hydrogen-bond acceptors (Lipinski definition) is 5. The molecule has 1 aliphatic heterocycles. The van der Waals surface area contributed by atoms with Crippen LogP contribution >= 0.6 is 0 Å². The quantitative estimate of drug-likeness (QED) is 0.261. The lowest BCUT2D eigenvalue weighted by Gasteiger charge is -2.39. The van der Waals surface area contributed by atoms with Crippen LogP contribution < -0.4 is 10.2 Å². The minimum absolute atomic E-state index is 0.238. The first-order valence-electron chi connectivity index (χ1n) is 13.9. The average Bonchev–Trinajstić information content (AvgIpc) is 3.58. The number of benzene rings is 2. The molecule has 41 heavy (non-hydrogen) atoms. The number of rotatable bonds is 6. The Morgan fingerprint density at radius 3 is 2.54 bits per heavy atom. The Morgan fingerprint density at radius 1 is 1.05 bits per heavy atom.